The van der Waals surface area contributed by atoms with Crippen molar-refractivity contribution in [1.29, 1.82) is 0 Å². The summed E-state index contributed by atoms with van der Waals surface area (Å²) < 4.78 is 30.7. The number of morpholine rings is 1. The molecule has 0 spiro atoms. The zero-order valence-electron chi connectivity index (χ0n) is 10.3. The summed E-state index contributed by atoms with van der Waals surface area (Å²) >= 11 is 0.853. The second-order valence-corrected chi connectivity index (χ2v) is 6.88. The number of amides is 1. The average Bonchev–Trinajstić information content (AvgIpc) is 2.89. The van der Waals surface area contributed by atoms with Crippen LogP contribution in [0.1, 0.15) is 13.3 Å². The summed E-state index contributed by atoms with van der Waals surface area (Å²) in [5, 5.41) is 9.98. The number of aromatic nitrogens is 2. The van der Waals surface area contributed by atoms with Gasteiger partial charge in [-0.2, -0.15) is 4.31 Å². The molecule has 1 aliphatic heterocycles. The molecule has 0 atom stereocenters. The van der Waals surface area contributed by atoms with Crippen molar-refractivity contribution in [1.82, 2.24) is 14.5 Å². The number of nitrogens with one attached hydrogen (secondary N) is 1. The van der Waals surface area contributed by atoms with Crippen LogP contribution < -0.4 is 5.32 Å². The smallest absolute Gasteiger partial charge is 0.272 e. The molecule has 0 radical (unpaired) electrons. The number of nitrogens with zero attached hydrogens (tertiary/aromatic N) is 3. The van der Waals surface area contributed by atoms with Crippen LogP contribution in [0.3, 0.4) is 0 Å². The van der Waals surface area contributed by atoms with Crippen LogP contribution in [-0.2, 0) is 19.6 Å². The van der Waals surface area contributed by atoms with Crippen LogP contribution in [0.4, 0.5) is 5.13 Å². The van der Waals surface area contributed by atoms with Crippen molar-refractivity contribution in [2.45, 2.75) is 17.7 Å². The fourth-order valence-electron chi connectivity index (χ4n) is 1.47. The quantitative estimate of drug-likeness (QED) is 0.780. The average molecular weight is 306 g/mol. The first-order valence-corrected chi connectivity index (χ1v) is 8.01. The van der Waals surface area contributed by atoms with E-state index in [1.165, 1.54) is 4.31 Å². The molecule has 1 saturated heterocycles. The molecule has 1 N–H and O–H groups in total. The second kappa shape index (κ2) is 5.90. The van der Waals surface area contributed by atoms with Crippen molar-refractivity contribution in [3.8, 4) is 0 Å². The van der Waals surface area contributed by atoms with Crippen molar-refractivity contribution >= 4 is 32.4 Å². The highest BCUT2D eigenvalue weighted by atomic mass is 32.2. The Hall–Kier alpha value is -1.10. The fraction of sp³-hybridized carbons (Fsp3) is 0.667. The van der Waals surface area contributed by atoms with Gasteiger partial charge in [0, 0.05) is 19.5 Å². The van der Waals surface area contributed by atoms with Crippen LogP contribution in [0.5, 0.6) is 0 Å². The summed E-state index contributed by atoms with van der Waals surface area (Å²) in [6, 6.07) is 0. The van der Waals surface area contributed by atoms with Crippen LogP contribution in [0.2, 0.25) is 0 Å². The van der Waals surface area contributed by atoms with Crippen molar-refractivity contribution < 1.29 is 17.9 Å². The standard InChI is InChI=1S/C9H14N4O4S2/c1-2-7(14)10-8-11-12-9(18-8)19(15,16)13-3-5-17-6-4-13/h2-6H2,1H3,(H,10,11,14). The molecule has 10 heteroatoms. The van der Waals surface area contributed by atoms with E-state index in [1.807, 2.05) is 0 Å². The number of anilines is 1. The second-order valence-electron chi connectivity index (χ2n) is 3.79. The number of hydrogen-bond donors (Lipinski definition) is 1. The van der Waals surface area contributed by atoms with Gasteiger partial charge in [-0.1, -0.05) is 18.3 Å². The van der Waals surface area contributed by atoms with Gasteiger partial charge in [0.1, 0.15) is 0 Å². The normalized spacial score (nSPS) is 17.3. The molecule has 1 fully saturated rings. The minimum atomic E-state index is -3.64. The minimum Gasteiger partial charge on any atom is -0.379 e. The molecule has 2 rings (SSSR count). The summed E-state index contributed by atoms with van der Waals surface area (Å²) in [6.07, 6.45) is 0.297. The molecule has 1 aromatic rings. The van der Waals surface area contributed by atoms with Crippen LogP contribution in [0.25, 0.3) is 0 Å². The summed E-state index contributed by atoms with van der Waals surface area (Å²) in [5.74, 6) is -0.230. The highest BCUT2D eigenvalue weighted by Gasteiger charge is 2.30. The van der Waals surface area contributed by atoms with Crippen LogP contribution >= 0.6 is 11.3 Å². The van der Waals surface area contributed by atoms with Gasteiger partial charge < -0.3 is 10.1 Å². The van der Waals surface area contributed by atoms with Gasteiger partial charge in [-0.15, -0.1) is 10.2 Å². The lowest BCUT2D eigenvalue weighted by Gasteiger charge is -2.24. The number of ether oxygens (including phenoxy) is 1. The van der Waals surface area contributed by atoms with E-state index in [1.54, 1.807) is 6.92 Å². The van der Waals surface area contributed by atoms with Gasteiger partial charge in [-0.25, -0.2) is 8.42 Å². The predicted molar refractivity (Wildman–Crippen MR) is 68.4 cm³/mol. The van der Waals surface area contributed by atoms with Crippen LogP contribution in [0.15, 0.2) is 4.34 Å². The lowest BCUT2D eigenvalue weighted by Crippen LogP contribution is -2.40. The first-order valence-electron chi connectivity index (χ1n) is 5.75. The monoisotopic (exact) mass is 306 g/mol. The molecule has 2 heterocycles. The summed E-state index contributed by atoms with van der Waals surface area (Å²) in [4.78, 5) is 11.2. The van der Waals surface area contributed by atoms with E-state index >= 15 is 0 Å². The summed E-state index contributed by atoms with van der Waals surface area (Å²) in [6.45, 7) is 3.05. The maximum Gasteiger partial charge on any atom is 0.272 e. The highest BCUT2D eigenvalue weighted by Crippen LogP contribution is 2.23. The molecule has 19 heavy (non-hydrogen) atoms. The van der Waals surface area contributed by atoms with Crippen molar-refractivity contribution in [2.24, 2.45) is 0 Å². The van der Waals surface area contributed by atoms with E-state index in [-0.39, 0.29) is 15.4 Å². The van der Waals surface area contributed by atoms with Crippen molar-refractivity contribution in [2.75, 3.05) is 31.6 Å². The molecule has 106 valence electrons. The largest absolute Gasteiger partial charge is 0.379 e. The first kappa shape index (κ1) is 14.3. The predicted octanol–water partition coefficient (Wildman–Crippen LogP) is -0.0925. The maximum absolute atomic E-state index is 12.2. The Morgan fingerprint density at radius 1 is 1.42 bits per heavy atom. The van der Waals surface area contributed by atoms with E-state index in [0.29, 0.717) is 32.7 Å². The van der Waals surface area contributed by atoms with Gasteiger partial charge in [-0.3, -0.25) is 4.79 Å². The minimum absolute atomic E-state index is 0.110. The molecule has 8 nitrogen and oxygen atoms in total. The first-order chi connectivity index (χ1) is 9.04. The van der Waals surface area contributed by atoms with Gasteiger partial charge in [0.05, 0.1) is 13.2 Å². The molecule has 1 amide bonds. The van der Waals surface area contributed by atoms with E-state index in [2.05, 4.69) is 15.5 Å². The third-order valence-electron chi connectivity index (χ3n) is 2.50. The highest BCUT2D eigenvalue weighted by molar-refractivity contribution is 7.91. The van der Waals surface area contributed by atoms with E-state index in [0.717, 1.165) is 11.3 Å². The summed E-state index contributed by atoms with van der Waals surface area (Å²) in [7, 11) is -3.64. The fourth-order valence-corrected chi connectivity index (χ4v) is 3.93. The third kappa shape index (κ3) is 3.26. The summed E-state index contributed by atoms with van der Waals surface area (Å²) in [5.41, 5.74) is 0. The molecule has 0 bridgehead atoms. The number of rotatable bonds is 4. The Bertz CT molecular complexity index is 550. The van der Waals surface area contributed by atoms with Gasteiger partial charge in [-0.05, 0) is 0 Å². The van der Waals surface area contributed by atoms with Crippen molar-refractivity contribution in [3.63, 3.8) is 0 Å². The maximum atomic E-state index is 12.2. The zero-order valence-corrected chi connectivity index (χ0v) is 12.0. The van der Waals surface area contributed by atoms with E-state index in [9.17, 15) is 13.2 Å². The lowest BCUT2D eigenvalue weighted by molar-refractivity contribution is -0.115. The number of hydrogen-bond acceptors (Lipinski definition) is 7. The lowest BCUT2D eigenvalue weighted by atomic mass is 10.5. The van der Waals surface area contributed by atoms with E-state index < -0.39 is 10.0 Å². The zero-order chi connectivity index (χ0) is 13.9. The SMILES string of the molecule is CCC(=O)Nc1nnc(S(=O)(=O)N2CCOCC2)s1. The Kier molecular flexibility index (Phi) is 4.45. The molecule has 0 aliphatic carbocycles. The van der Waals surface area contributed by atoms with Crippen molar-refractivity contribution in [3.05, 3.63) is 0 Å². The van der Waals surface area contributed by atoms with E-state index in [4.69, 9.17) is 4.74 Å². The number of carbonyl (C=O) groups excluding carboxylic acids is 1. The molecule has 0 unspecified atom stereocenters. The molecule has 1 aromatic heterocycles. The van der Waals surface area contributed by atoms with Gasteiger partial charge >= 0.3 is 0 Å². The van der Waals surface area contributed by atoms with Gasteiger partial charge in [0.2, 0.25) is 15.4 Å². The number of sulfonamides is 1. The third-order valence-corrected chi connectivity index (χ3v) is 5.59. The Morgan fingerprint density at radius 3 is 2.74 bits per heavy atom. The van der Waals surface area contributed by atoms with Crippen LogP contribution in [-0.4, -0.2) is 55.1 Å². The molecule has 0 saturated carbocycles. The van der Waals surface area contributed by atoms with Gasteiger partial charge in [0.25, 0.3) is 10.0 Å². The Morgan fingerprint density at radius 2 is 2.11 bits per heavy atom. The molecular formula is C9H14N4O4S2. The Labute approximate surface area is 114 Å². The van der Waals surface area contributed by atoms with Crippen LogP contribution in [0, 0.1) is 0 Å². The molecule has 1 aliphatic rings. The topological polar surface area (TPSA) is 101 Å². The molecule has 0 aromatic carbocycles. The Balaban J connectivity index is 2.14. The molecular weight excluding hydrogens is 292 g/mol. The van der Waals surface area contributed by atoms with Gasteiger partial charge in [0.15, 0.2) is 0 Å². The number of carbonyl (C=O) groups is 1.